The van der Waals surface area contributed by atoms with Gasteiger partial charge in [0, 0.05) is 19.1 Å². The number of anilines is 2. The van der Waals surface area contributed by atoms with Crippen LogP contribution in [0.3, 0.4) is 0 Å². The third-order valence-electron chi connectivity index (χ3n) is 3.60. The average molecular weight is 261 g/mol. The molecule has 19 heavy (non-hydrogen) atoms. The Bertz CT molecular complexity index is 458. The second kappa shape index (κ2) is 5.59. The summed E-state index contributed by atoms with van der Waals surface area (Å²) in [5.74, 6) is 0.0616. The molecule has 0 radical (unpaired) electrons. The van der Waals surface area contributed by atoms with Gasteiger partial charge in [-0.15, -0.1) is 0 Å². The molecular weight excluding hydrogens is 242 g/mol. The fraction of sp³-hybridized carbons (Fsp3) is 0.500. The fourth-order valence-corrected chi connectivity index (χ4v) is 2.62. The van der Waals surface area contributed by atoms with Crippen molar-refractivity contribution in [1.82, 2.24) is 5.32 Å². The number of benzene rings is 1. The molecule has 1 aromatic carbocycles. The number of hydrogen-bond donors (Lipinski definition) is 2. The van der Waals surface area contributed by atoms with E-state index in [1.54, 1.807) is 0 Å². The topological polar surface area (TPSA) is 53.6 Å². The summed E-state index contributed by atoms with van der Waals surface area (Å²) in [6.45, 7) is 3.78. The molecule has 1 atom stereocenters. The van der Waals surface area contributed by atoms with E-state index in [1.165, 1.54) is 0 Å². The first-order valence-electron chi connectivity index (χ1n) is 6.78. The number of amides is 1. The number of hydrogen-bond acceptors (Lipinski definition) is 4. The molecule has 5 nitrogen and oxygen atoms in total. The molecule has 2 aliphatic rings. The first kappa shape index (κ1) is 12.4. The Morgan fingerprint density at radius 2 is 2.26 bits per heavy atom. The van der Waals surface area contributed by atoms with Crippen LogP contribution in [0.5, 0.6) is 0 Å². The lowest BCUT2D eigenvalue weighted by molar-refractivity contribution is -0.115. The second-order valence-corrected chi connectivity index (χ2v) is 5.00. The maximum Gasteiger partial charge on any atom is 0.243 e. The van der Waals surface area contributed by atoms with Crippen molar-refractivity contribution in [2.24, 2.45) is 0 Å². The minimum atomic E-state index is 0.0616. The highest BCUT2D eigenvalue weighted by molar-refractivity contribution is 6.01. The van der Waals surface area contributed by atoms with Crippen LogP contribution in [0.15, 0.2) is 24.3 Å². The van der Waals surface area contributed by atoms with Gasteiger partial charge in [0.1, 0.15) is 0 Å². The van der Waals surface area contributed by atoms with E-state index in [4.69, 9.17) is 4.74 Å². The Morgan fingerprint density at radius 1 is 1.37 bits per heavy atom. The number of fused-ring (bicyclic) bond motifs is 1. The molecule has 0 bridgehead atoms. The smallest absolute Gasteiger partial charge is 0.243 e. The summed E-state index contributed by atoms with van der Waals surface area (Å²) >= 11 is 0. The molecule has 0 spiro atoms. The van der Waals surface area contributed by atoms with Crippen LogP contribution >= 0.6 is 0 Å². The number of carbonyl (C=O) groups excluding carboxylic acids is 1. The molecule has 1 aromatic rings. The van der Waals surface area contributed by atoms with Crippen molar-refractivity contribution < 1.29 is 9.53 Å². The van der Waals surface area contributed by atoms with Crippen molar-refractivity contribution in [1.29, 1.82) is 0 Å². The van der Waals surface area contributed by atoms with E-state index in [-0.39, 0.29) is 5.91 Å². The van der Waals surface area contributed by atoms with Gasteiger partial charge in [-0.25, -0.2) is 0 Å². The van der Waals surface area contributed by atoms with Gasteiger partial charge in [-0.2, -0.15) is 0 Å². The van der Waals surface area contributed by atoms with Crippen molar-refractivity contribution in [3.8, 4) is 0 Å². The zero-order valence-corrected chi connectivity index (χ0v) is 10.9. The van der Waals surface area contributed by atoms with Gasteiger partial charge in [0.25, 0.3) is 0 Å². The molecule has 2 heterocycles. The van der Waals surface area contributed by atoms with Crippen molar-refractivity contribution >= 4 is 17.3 Å². The zero-order chi connectivity index (χ0) is 13.1. The van der Waals surface area contributed by atoms with Crippen molar-refractivity contribution in [2.45, 2.75) is 12.5 Å². The standard InChI is InChI=1S/C14H19N3O2/c18-14-9-17(7-5-11-10-19-8-6-15-11)13-4-2-1-3-12(13)16-14/h1-4,11,15H,5-10H2,(H,16,18). The molecule has 1 saturated heterocycles. The number of ether oxygens (including phenoxy) is 1. The first-order valence-corrected chi connectivity index (χ1v) is 6.78. The van der Waals surface area contributed by atoms with Crippen molar-refractivity contribution in [3.63, 3.8) is 0 Å². The van der Waals surface area contributed by atoms with Gasteiger partial charge in [-0.05, 0) is 18.6 Å². The van der Waals surface area contributed by atoms with E-state index >= 15 is 0 Å². The highest BCUT2D eigenvalue weighted by atomic mass is 16.5. The Hall–Kier alpha value is -1.59. The SMILES string of the molecule is O=C1CN(CCC2COCCN2)c2ccccc2N1. The van der Waals surface area contributed by atoms with Crippen LogP contribution in [0.4, 0.5) is 11.4 Å². The molecule has 3 rings (SSSR count). The first-order chi connectivity index (χ1) is 9.33. The predicted molar refractivity (Wildman–Crippen MR) is 74.5 cm³/mol. The number of carbonyl (C=O) groups is 1. The minimum Gasteiger partial charge on any atom is -0.379 e. The van der Waals surface area contributed by atoms with Crippen LogP contribution in [-0.4, -0.2) is 44.8 Å². The number of nitrogens with zero attached hydrogens (tertiary/aromatic N) is 1. The van der Waals surface area contributed by atoms with E-state index in [1.807, 2.05) is 18.2 Å². The van der Waals surface area contributed by atoms with Crippen LogP contribution in [0.1, 0.15) is 6.42 Å². The highest BCUT2D eigenvalue weighted by Crippen LogP contribution is 2.28. The van der Waals surface area contributed by atoms with Gasteiger partial charge < -0.3 is 20.3 Å². The van der Waals surface area contributed by atoms with Gasteiger partial charge >= 0.3 is 0 Å². The second-order valence-electron chi connectivity index (χ2n) is 5.00. The Morgan fingerprint density at radius 3 is 3.11 bits per heavy atom. The normalized spacial score (nSPS) is 22.8. The molecule has 2 N–H and O–H groups in total. The summed E-state index contributed by atoms with van der Waals surface area (Å²) in [5, 5.41) is 6.35. The fourth-order valence-electron chi connectivity index (χ4n) is 2.62. The average Bonchev–Trinajstić information content (AvgIpc) is 2.45. The summed E-state index contributed by atoms with van der Waals surface area (Å²) in [4.78, 5) is 13.8. The van der Waals surface area contributed by atoms with Gasteiger partial charge in [0.05, 0.1) is 31.1 Å². The summed E-state index contributed by atoms with van der Waals surface area (Å²) in [6, 6.07) is 8.34. The van der Waals surface area contributed by atoms with Crippen LogP contribution in [0.2, 0.25) is 0 Å². The monoisotopic (exact) mass is 261 g/mol. The molecule has 1 unspecified atom stereocenters. The molecule has 102 valence electrons. The maximum atomic E-state index is 11.7. The minimum absolute atomic E-state index is 0.0616. The van der Waals surface area contributed by atoms with Gasteiger partial charge in [-0.1, -0.05) is 12.1 Å². The van der Waals surface area contributed by atoms with Crippen molar-refractivity contribution in [3.05, 3.63) is 24.3 Å². The van der Waals surface area contributed by atoms with E-state index in [0.717, 1.165) is 44.1 Å². The van der Waals surface area contributed by atoms with Gasteiger partial charge in [0.2, 0.25) is 5.91 Å². The van der Waals surface area contributed by atoms with Crippen LogP contribution in [0.25, 0.3) is 0 Å². The van der Waals surface area contributed by atoms with Crippen LogP contribution in [0, 0.1) is 0 Å². The molecule has 0 aromatic heterocycles. The third-order valence-corrected chi connectivity index (χ3v) is 3.60. The van der Waals surface area contributed by atoms with Gasteiger partial charge in [-0.3, -0.25) is 4.79 Å². The lowest BCUT2D eigenvalue weighted by atomic mass is 10.1. The largest absolute Gasteiger partial charge is 0.379 e. The van der Waals surface area contributed by atoms with Crippen LogP contribution in [-0.2, 0) is 9.53 Å². The molecule has 5 heteroatoms. The van der Waals surface area contributed by atoms with E-state index in [2.05, 4.69) is 21.6 Å². The summed E-state index contributed by atoms with van der Waals surface area (Å²) in [6.07, 6.45) is 0.988. The lowest BCUT2D eigenvalue weighted by Gasteiger charge is -2.33. The molecule has 1 amide bonds. The number of para-hydroxylation sites is 2. The van der Waals surface area contributed by atoms with Crippen LogP contribution < -0.4 is 15.5 Å². The number of morpholine rings is 1. The van der Waals surface area contributed by atoms with E-state index in [0.29, 0.717) is 12.6 Å². The Labute approximate surface area is 112 Å². The molecule has 2 aliphatic heterocycles. The third kappa shape index (κ3) is 2.88. The van der Waals surface area contributed by atoms with Crippen molar-refractivity contribution in [2.75, 3.05) is 43.1 Å². The predicted octanol–water partition coefficient (Wildman–Crippen LogP) is 0.824. The van der Waals surface area contributed by atoms with E-state index < -0.39 is 0 Å². The Kier molecular flexibility index (Phi) is 3.66. The zero-order valence-electron chi connectivity index (χ0n) is 10.9. The Balaban J connectivity index is 1.65. The summed E-state index contributed by atoms with van der Waals surface area (Å²) < 4.78 is 5.45. The quantitative estimate of drug-likeness (QED) is 0.846. The highest BCUT2D eigenvalue weighted by Gasteiger charge is 2.22. The molecule has 0 saturated carbocycles. The molecule has 1 fully saturated rings. The molecule has 0 aliphatic carbocycles. The van der Waals surface area contributed by atoms with E-state index in [9.17, 15) is 4.79 Å². The lowest BCUT2D eigenvalue weighted by Crippen LogP contribution is -2.45. The maximum absolute atomic E-state index is 11.7. The summed E-state index contributed by atoms with van der Waals surface area (Å²) in [5.41, 5.74) is 2.02. The summed E-state index contributed by atoms with van der Waals surface area (Å²) in [7, 11) is 0. The number of rotatable bonds is 3. The van der Waals surface area contributed by atoms with Gasteiger partial charge in [0.15, 0.2) is 0 Å². The number of nitrogens with one attached hydrogen (secondary N) is 2. The molecular formula is C14H19N3O2.